The van der Waals surface area contributed by atoms with E-state index in [1.54, 1.807) is 12.1 Å². The monoisotopic (exact) mass is 349 g/mol. The second-order valence-corrected chi connectivity index (χ2v) is 7.86. The number of hydrogen-bond acceptors (Lipinski definition) is 4. The van der Waals surface area contributed by atoms with Crippen molar-refractivity contribution in [2.45, 2.75) is 41.4 Å². The zero-order valence-electron chi connectivity index (χ0n) is 12.0. The number of hydrogen-bond donors (Lipinski definition) is 1. The average Bonchev–Trinajstić information content (AvgIpc) is 2.46. The highest BCUT2D eigenvalue weighted by Crippen LogP contribution is 2.36. The van der Waals surface area contributed by atoms with E-state index in [9.17, 15) is 22.0 Å². The number of benzene rings is 1. The van der Waals surface area contributed by atoms with Crippen LogP contribution in [0.25, 0.3) is 0 Å². The van der Waals surface area contributed by atoms with Crippen molar-refractivity contribution in [2.24, 2.45) is 5.92 Å². The molecule has 1 amide bonds. The van der Waals surface area contributed by atoms with Gasteiger partial charge in [0.15, 0.2) is 0 Å². The van der Waals surface area contributed by atoms with Gasteiger partial charge in [0.2, 0.25) is 11.8 Å². The predicted octanol–water partition coefficient (Wildman–Crippen LogP) is 3.04. The first-order chi connectivity index (χ1) is 10.2. The minimum absolute atomic E-state index is 0.0544. The highest BCUT2D eigenvalue weighted by Gasteiger charge is 2.40. The van der Waals surface area contributed by atoms with Gasteiger partial charge < -0.3 is 0 Å². The number of thioether (sulfide) groups is 1. The number of sulfonamides is 1. The van der Waals surface area contributed by atoms with Crippen LogP contribution in [0.3, 0.4) is 0 Å². The number of rotatable bonds is 4. The van der Waals surface area contributed by atoms with Crippen LogP contribution in [0.15, 0.2) is 34.1 Å². The first kappa shape index (κ1) is 17.2. The Morgan fingerprint density at radius 3 is 2.50 bits per heavy atom. The standard InChI is InChI=1S/C14H17F2NO3S2/c1-21-11-4-6-12(7-5-11)22(19,20)17-13(18)10-3-2-8-14(15,16)9-10/h4-7,10H,2-3,8-9H2,1H3,(H,17,18)/t10-/m1/s1. The fraction of sp³-hybridized carbons (Fsp3) is 0.500. The molecule has 0 spiro atoms. The Balaban J connectivity index is 2.09. The van der Waals surface area contributed by atoms with Crippen molar-refractivity contribution in [1.82, 2.24) is 4.72 Å². The molecule has 1 atom stereocenters. The van der Waals surface area contributed by atoms with Gasteiger partial charge in [-0.2, -0.15) is 0 Å². The van der Waals surface area contributed by atoms with Crippen molar-refractivity contribution < 1.29 is 22.0 Å². The van der Waals surface area contributed by atoms with Crippen LogP contribution in [0, 0.1) is 5.92 Å². The number of amides is 1. The van der Waals surface area contributed by atoms with E-state index >= 15 is 0 Å². The number of nitrogens with one attached hydrogen (secondary N) is 1. The molecule has 1 saturated carbocycles. The van der Waals surface area contributed by atoms with E-state index in [0.717, 1.165) is 4.90 Å². The summed E-state index contributed by atoms with van der Waals surface area (Å²) in [5, 5.41) is 0. The lowest BCUT2D eigenvalue weighted by Crippen LogP contribution is -2.40. The summed E-state index contributed by atoms with van der Waals surface area (Å²) in [6, 6.07) is 6.02. The molecule has 4 nitrogen and oxygen atoms in total. The molecule has 22 heavy (non-hydrogen) atoms. The van der Waals surface area contributed by atoms with Crippen LogP contribution in [0.4, 0.5) is 8.78 Å². The van der Waals surface area contributed by atoms with Crippen molar-refractivity contribution in [2.75, 3.05) is 6.26 Å². The van der Waals surface area contributed by atoms with Gasteiger partial charge in [0.25, 0.3) is 10.0 Å². The SMILES string of the molecule is CSc1ccc(S(=O)(=O)NC(=O)[C@@H]2CCCC(F)(F)C2)cc1. The third-order valence-corrected chi connectivity index (χ3v) is 5.72. The van der Waals surface area contributed by atoms with E-state index in [1.165, 1.54) is 23.9 Å². The van der Waals surface area contributed by atoms with Crippen LogP contribution in [-0.2, 0) is 14.8 Å². The normalized spacial score (nSPS) is 21.3. The minimum Gasteiger partial charge on any atom is -0.274 e. The first-order valence-corrected chi connectivity index (χ1v) is 9.53. The van der Waals surface area contributed by atoms with Crippen molar-refractivity contribution in [3.63, 3.8) is 0 Å². The summed E-state index contributed by atoms with van der Waals surface area (Å²) in [6.45, 7) is 0. The Bertz CT molecular complexity index is 645. The molecule has 1 aliphatic carbocycles. The summed E-state index contributed by atoms with van der Waals surface area (Å²) in [7, 11) is -4.02. The van der Waals surface area contributed by atoms with E-state index in [4.69, 9.17) is 0 Å². The lowest BCUT2D eigenvalue weighted by molar-refractivity contribution is -0.130. The Labute approximate surface area is 132 Å². The van der Waals surface area contributed by atoms with Gasteiger partial charge >= 0.3 is 0 Å². The van der Waals surface area contributed by atoms with Crippen molar-refractivity contribution >= 4 is 27.7 Å². The van der Waals surface area contributed by atoms with Crippen LogP contribution in [0.5, 0.6) is 0 Å². The third-order valence-electron chi connectivity index (χ3n) is 3.62. The van der Waals surface area contributed by atoms with Crippen LogP contribution < -0.4 is 4.72 Å². The molecule has 0 aromatic heterocycles. The minimum atomic E-state index is -4.02. The van der Waals surface area contributed by atoms with E-state index in [0.29, 0.717) is 0 Å². The topological polar surface area (TPSA) is 63.2 Å². The Kier molecular flexibility index (Phi) is 5.11. The van der Waals surface area contributed by atoms with Gasteiger partial charge in [-0.05, 0) is 43.4 Å². The maximum atomic E-state index is 13.3. The molecule has 0 unspecified atom stereocenters. The van der Waals surface area contributed by atoms with Gasteiger partial charge in [0.1, 0.15) is 0 Å². The second kappa shape index (κ2) is 6.54. The van der Waals surface area contributed by atoms with Crippen LogP contribution in [0.2, 0.25) is 0 Å². The molecule has 0 radical (unpaired) electrons. The zero-order valence-corrected chi connectivity index (χ0v) is 13.6. The smallest absolute Gasteiger partial charge is 0.264 e. The fourth-order valence-electron chi connectivity index (χ4n) is 2.43. The summed E-state index contributed by atoms with van der Waals surface area (Å²) in [4.78, 5) is 12.8. The molecule has 2 rings (SSSR count). The molecule has 122 valence electrons. The lowest BCUT2D eigenvalue weighted by atomic mass is 9.86. The van der Waals surface area contributed by atoms with Gasteiger partial charge in [0, 0.05) is 23.7 Å². The molecular formula is C14H17F2NO3S2. The largest absolute Gasteiger partial charge is 0.274 e. The first-order valence-electron chi connectivity index (χ1n) is 6.82. The average molecular weight is 349 g/mol. The number of carbonyl (C=O) groups excluding carboxylic acids is 1. The molecule has 1 aliphatic rings. The molecule has 0 bridgehead atoms. The van der Waals surface area contributed by atoms with Gasteiger partial charge in [-0.3, -0.25) is 4.79 Å². The van der Waals surface area contributed by atoms with Gasteiger partial charge in [-0.25, -0.2) is 21.9 Å². The van der Waals surface area contributed by atoms with Gasteiger partial charge in [-0.1, -0.05) is 0 Å². The van der Waals surface area contributed by atoms with Crippen molar-refractivity contribution in [3.8, 4) is 0 Å². The number of halogens is 2. The Morgan fingerprint density at radius 2 is 1.95 bits per heavy atom. The van der Waals surface area contributed by atoms with Gasteiger partial charge in [-0.15, -0.1) is 11.8 Å². The maximum absolute atomic E-state index is 13.3. The Hall–Kier alpha value is -1.15. The van der Waals surface area contributed by atoms with E-state index in [2.05, 4.69) is 0 Å². The van der Waals surface area contributed by atoms with Gasteiger partial charge in [0.05, 0.1) is 4.90 Å². The summed E-state index contributed by atoms with van der Waals surface area (Å²) in [6.07, 6.45) is 1.50. The van der Waals surface area contributed by atoms with Crippen LogP contribution in [-0.4, -0.2) is 26.5 Å². The van der Waals surface area contributed by atoms with E-state index in [1.807, 2.05) is 11.0 Å². The zero-order chi connectivity index (χ0) is 16.4. The lowest BCUT2D eigenvalue weighted by Gasteiger charge is -2.27. The van der Waals surface area contributed by atoms with E-state index in [-0.39, 0.29) is 24.2 Å². The maximum Gasteiger partial charge on any atom is 0.264 e. The summed E-state index contributed by atoms with van der Waals surface area (Å²) in [5.41, 5.74) is 0. The molecule has 0 saturated heterocycles. The van der Waals surface area contributed by atoms with Crippen LogP contribution in [0.1, 0.15) is 25.7 Å². The van der Waals surface area contributed by atoms with E-state index < -0.39 is 34.2 Å². The quantitative estimate of drug-likeness (QED) is 0.849. The molecular weight excluding hydrogens is 332 g/mol. The molecule has 1 aromatic carbocycles. The van der Waals surface area contributed by atoms with Crippen LogP contribution >= 0.6 is 11.8 Å². The number of carbonyl (C=O) groups is 1. The van der Waals surface area contributed by atoms with Crippen molar-refractivity contribution in [1.29, 1.82) is 0 Å². The summed E-state index contributed by atoms with van der Waals surface area (Å²) >= 11 is 1.46. The summed E-state index contributed by atoms with van der Waals surface area (Å²) in [5.74, 6) is -4.72. The highest BCUT2D eigenvalue weighted by atomic mass is 32.2. The summed E-state index contributed by atoms with van der Waals surface area (Å²) < 4.78 is 52.8. The highest BCUT2D eigenvalue weighted by molar-refractivity contribution is 7.98. The molecule has 0 aliphatic heterocycles. The number of alkyl halides is 2. The Morgan fingerprint density at radius 1 is 1.32 bits per heavy atom. The predicted molar refractivity (Wildman–Crippen MR) is 80.5 cm³/mol. The molecule has 1 N–H and O–H groups in total. The molecule has 8 heteroatoms. The second-order valence-electron chi connectivity index (χ2n) is 5.29. The molecule has 0 heterocycles. The third kappa shape index (κ3) is 4.19. The molecule has 1 aromatic rings. The molecule has 1 fully saturated rings. The fourth-order valence-corrected chi connectivity index (χ4v) is 3.88. The van der Waals surface area contributed by atoms with Crippen molar-refractivity contribution in [3.05, 3.63) is 24.3 Å².